The fourth-order valence-electron chi connectivity index (χ4n) is 4.88. The van der Waals surface area contributed by atoms with Crippen LogP contribution in [0, 0.1) is 5.92 Å². The van der Waals surface area contributed by atoms with Gasteiger partial charge in [0.1, 0.15) is 13.2 Å². The van der Waals surface area contributed by atoms with Crippen LogP contribution < -0.4 is 9.47 Å². The summed E-state index contributed by atoms with van der Waals surface area (Å²) in [5.74, 6) is 2.39. The van der Waals surface area contributed by atoms with E-state index in [-0.39, 0.29) is 17.4 Å². The monoisotopic (exact) mass is 343 g/mol. The number of hydrogen-bond acceptors (Lipinski definition) is 3. The molecule has 0 saturated heterocycles. The predicted octanol–water partition coefficient (Wildman–Crippen LogP) is 4.22. The van der Waals surface area contributed by atoms with Gasteiger partial charge in [0.05, 0.1) is 6.04 Å². The topological polar surface area (TPSA) is 38.8 Å². The van der Waals surface area contributed by atoms with Crippen LogP contribution in [-0.4, -0.2) is 30.6 Å². The average Bonchev–Trinajstić information content (AvgIpc) is 3.06. The Morgan fingerprint density at radius 2 is 1.84 bits per heavy atom. The number of carbonyl (C=O) groups excluding carboxylic acids is 1. The predicted molar refractivity (Wildman–Crippen MR) is 97.2 cm³/mol. The van der Waals surface area contributed by atoms with Gasteiger partial charge in [0.2, 0.25) is 5.91 Å². The zero-order valence-electron chi connectivity index (χ0n) is 15.6. The quantitative estimate of drug-likeness (QED) is 0.807. The van der Waals surface area contributed by atoms with Gasteiger partial charge in [-0.3, -0.25) is 4.79 Å². The lowest BCUT2D eigenvalue weighted by atomic mass is 9.71. The van der Waals surface area contributed by atoms with Gasteiger partial charge in [-0.15, -0.1) is 0 Å². The zero-order chi connectivity index (χ0) is 17.6. The molecule has 1 aliphatic carbocycles. The van der Waals surface area contributed by atoms with E-state index in [9.17, 15) is 4.79 Å². The molecule has 1 fully saturated rings. The fraction of sp³-hybridized carbons (Fsp3) is 0.667. The Hall–Kier alpha value is -1.71. The summed E-state index contributed by atoms with van der Waals surface area (Å²) < 4.78 is 11.7. The molecule has 0 N–H and O–H groups in total. The van der Waals surface area contributed by atoms with Crippen molar-refractivity contribution in [3.63, 3.8) is 0 Å². The third kappa shape index (κ3) is 2.80. The van der Waals surface area contributed by atoms with E-state index >= 15 is 0 Å². The molecule has 0 bridgehead atoms. The van der Waals surface area contributed by atoms with Gasteiger partial charge >= 0.3 is 0 Å². The molecule has 1 atom stereocenters. The molecule has 0 aromatic heterocycles. The van der Waals surface area contributed by atoms with Crippen LogP contribution in [0.1, 0.15) is 70.0 Å². The second-order valence-corrected chi connectivity index (χ2v) is 8.37. The molecule has 2 aliphatic heterocycles. The first kappa shape index (κ1) is 16.7. The SMILES string of the molecule is CC(C)CC(=O)N1CC2(CCCC2)c2cc3c(cc2C1C)OCCO3. The van der Waals surface area contributed by atoms with E-state index < -0.39 is 0 Å². The smallest absolute Gasteiger partial charge is 0.223 e. The van der Waals surface area contributed by atoms with Crippen molar-refractivity contribution >= 4 is 5.91 Å². The van der Waals surface area contributed by atoms with Crippen molar-refractivity contribution in [2.75, 3.05) is 19.8 Å². The van der Waals surface area contributed by atoms with Crippen molar-refractivity contribution < 1.29 is 14.3 Å². The van der Waals surface area contributed by atoms with Crippen molar-refractivity contribution in [3.05, 3.63) is 23.3 Å². The van der Waals surface area contributed by atoms with Crippen LogP contribution in [-0.2, 0) is 10.2 Å². The second-order valence-electron chi connectivity index (χ2n) is 8.37. The summed E-state index contributed by atoms with van der Waals surface area (Å²) in [6.45, 7) is 8.47. The van der Waals surface area contributed by atoms with Crippen LogP contribution in [0.15, 0.2) is 12.1 Å². The molecule has 136 valence electrons. The number of fused-ring (bicyclic) bond motifs is 3. The molecule has 25 heavy (non-hydrogen) atoms. The number of benzene rings is 1. The molecular formula is C21H29NO3. The zero-order valence-corrected chi connectivity index (χ0v) is 15.6. The molecule has 4 heteroatoms. The molecule has 1 amide bonds. The van der Waals surface area contributed by atoms with Gasteiger partial charge in [0.15, 0.2) is 11.5 Å². The molecule has 2 heterocycles. The Morgan fingerprint density at radius 1 is 1.20 bits per heavy atom. The van der Waals surface area contributed by atoms with Crippen LogP contribution in [0.4, 0.5) is 0 Å². The van der Waals surface area contributed by atoms with Crippen LogP contribution in [0.2, 0.25) is 0 Å². The molecule has 0 radical (unpaired) electrons. The Labute approximate surface area is 150 Å². The minimum Gasteiger partial charge on any atom is -0.486 e. The van der Waals surface area contributed by atoms with Crippen molar-refractivity contribution in [2.24, 2.45) is 5.92 Å². The number of ether oxygens (including phenoxy) is 2. The Morgan fingerprint density at radius 3 is 2.48 bits per heavy atom. The summed E-state index contributed by atoms with van der Waals surface area (Å²) in [7, 11) is 0. The number of hydrogen-bond donors (Lipinski definition) is 0. The Balaban J connectivity index is 1.78. The molecule has 3 aliphatic rings. The van der Waals surface area contributed by atoms with Crippen molar-refractivity contribution in [3.8, 4) is 11.5 Å². The molecule has 1 aromatic rings. The first-order chi connectivity index (χ1) is 12.0. The first-order valence-corrected chi connectivity index (χ1v) is 9.74. The highest BCUT2D eigenvalue weighted by Crippen LogP contribution is 2.52. The lowest BCUT2D eigenvalue weighted by Gasteiger charge is -2.46. The number of carbonyl (C=O) groups is 1. The largest absolute Gasteiger partial charge is 0.486 e. The van der Waals surface area contributed by atoms with E-state index in [0.29, 0.717) is 25.6 Å². The highest BCUT2D eigenvalue weighted by Gasteiger charge is 2.46. The summed E-state index contributed by atoms with van der Waals surface area (Å²) in [5, 5.41) is 0. The van der Waals surface area contributed by atoms with E-state index in [1.165, 1.54) is 24.0 Å². The summed E-state index contributed by atoms with van der Waals surface area (Å²) in [4.78, 5) is 15.1. The van der Waals surface area contributed by atoms with Crippen LogP contribution in [0.5, 0.6) is 11.5 Å². The van der Waals surface area contributed by atoms with Gasteiger partial charge in [-0.1, -0.05) is 26.7 Å². The maximum atomic E-state index is 12.9. The van der Waals surface area contributed by atoms with Gasteiger partial charge < -0.3 is 14.4 Å². The molecule has 1 aromatic carbocycles. The molecule has 1 spiro atoms. The first-order valence-electron chi connectivity index (χ1n) is 9.74. The highest BCUT2D eigenvalue weighted by atomic mass is 16.6. The van der Waals surface area contributed by atoms with Gasteiger partial charge in [-0.2, -0.15) is 0 Å². The lowest BCUT2D eigenvalue weighted by Crippen LogP contribution is -2.49. The van der Waals surface area contributed by atoms with E-state index in [4.69, 9.17) is 9.47 Å². The minimum absolute atomic E-state index is 0.100. The highest BCUT2D eigenvalue weighted by molar-refractivity contribution is 5.78. The van der Waals surface area contributed by atoms with Gasteiger partial charge in [-0.25, -0.2) is 0 Å². The van der Waals surface area contributed by atoms with Crippen molar-refractivity contribution in [2.45, 2.75) is 64.3 Å². The van der Waals surface area contributed by atoms with Gasteiger partial charge in [-0.05, 0) is 48.9 Å². The number of amides is 1. The maximum absolute atomic E-state index is 12.9. The van der Waals surface area contributed by atoms with Crippen molar-refractivity contribution in [1.29, 1.82) is 0 Å². The normalized spacial score (nSPS) is 23.8. The lowest BCUT2D eigenvalue weighted by molar-refractivity contribution is -0.136. The second kappa shape index (κ2) is 6.22. The van der Waals surface area contributed by atoms with Crippen LogP contribution in [0.3, 0.4) is 0 Å². The van der Waals surface area contributed by atoms with E-state index in [0.717, 1.165) is 30.9 Å². The Kier molecular flexibility index (Phi) is 4.17. The Bertz CT molecular complexity index is 676. The number of rotatable bonds is 2. The van der Waals surface area contributed by atoms with Crippen LogP contribution >= 0.6 is 0 Å². The van der Waals surface area contributed by atoms with E-state index in [1.807, 2.05) is 0 Å². The third-order valence-electron chi connectivity index (χ3n) is 6.14. The molecule has 4 nitrogen and oxygen atoms in total. The molecule has 4 rings (SSSR count). The average molecular weight is 343 g/mol. The molecule has 1 unspecified atom stereocenters. The molecular weight excluding hydrogens is 314 g/mol. The van der Waals surface area contributed by atoms with E-state index in [2.05, 4.69) is 37.8 Å². The molecule has 1 saturated carbocycles. The van der Waals surface area contributed by atoms with E-state index in [1.54, 1.807) is 0 Å². The number of nitrogens with zero attached hydrogens (tertiary/aromatic N) is 1. The summed E-state index contributed by atoms with van der Waals surface area (Å²) >= 11 is 0. The summed E-state index contributed by atoms with van der Waals surface area (Å²) in [6.07, 6.45) is 5.44. The van der Waals surface area contributed by atoms with Gasteiger partial charge in [0.25, 0.3) is 0 Å². The van der Waals surface area contributed by atoms with Crippen molar-refractivity contribution in [1.82, 2.24) is 4.90 Å². The fourth-order valence-corrected chi connectivity index (χ4v) is 4.88. The summed E-state index contributed by atoms with van der Waals surface area (Å²) in [6, 6.07) is 4.46. The maximum Gasteiger partial charge on any atom is 0.223 e. The minimum atomic E-state index is 0.100. The summed E-state index contributed by atoms with van der Waals surface area (Å²) in [5.41, 5.74) is 2.76. The van der Waals surface area contributed by atoms with Gasteiger partial charge in [0, 0.05) is 18.4 Å². The van der Waals surface area contributed by atoms with Crippen LogP contribution in [0.25, 0.3) is 0 Å². The third-order valence-corrected chi connectivity index (χ3v) is 6.14. The standard InChI is InChI=1S/C21H29NO3/c1-14(2)10-20(23)22-13-21(6-4-5-7-21)17-12-19-18(24-8-9-25-19)11-16(17)15(22)3/h11-12,14-15H,4-10,13H2,1-3H3.